The van der Waals surface area contributed by atoms with Crippen LogP contribution in [0.2, 0.25) is 0 Å². The number of amides is 2. The Balaban J connectivity index is 1.80. The second-order valence-corrected chi connectivity index (χ2v) is 4.99. The zero-order valence-electron chi connectivity index (χ0n) is 12.3. The summed E-state index contributed by atoms with van der Waals surface area (Å²) in [6.07, 6.45) is 5.32. The number of aromatic nitrogens is 3. The topological polar surface area (TPSA) is 126 Å². The third-order valence-corrected chi connectivity index (χ3v) is 3.38. The van der Waals surface area contributed by atoms with E-state index in [2.05, 4.69) is 20.3 Å². The van der Waals surface area contributed by atoms with Gasteiger partial charge in [0.1, 0.15) is 5.52 Å². The van der Waals surface area contributed by atoms with E-state index < -0.39 is 12.0 Å². The number of fused-ring (bicyclic) bond motifs is 1. The second kappa shape index (κ2) is 6.44. The number of piperazine rings is 1. The van der Waals surface area contributed by atoms with E-state index in [4.69, 9.17) is 10.5 Å². The van der Waals surface area contributed by atoms with Gasteiger partial charge in [-0.3, -0.25) is 4.79 Å². The Kier molecular flexibility index (Phi) is 4.20. The number of hydrogen-bond donors (Lipinski definition) is 3. The normalized spacial score (nSPS) is 15.2. The van der Waals surface area contributed by atoms with Crippen molar-refractivity contribution < 1.29 is 14.3 Å². The van der Waals surface area contributed by atoms with E-state index in [0.29, 0.717) is 29.8 Å². The van der Waals surface area contributed by atoms with Gasteiger partial charge in [0.05, 0.1) is 6.20 Å². The lowest BCUT2D eigenvalue weighted by molar-refractivity contribution is -0.113. The van der Waals surface area contributed by atoms with Crippen LogP contribution in [0.5, 0.6) is 5.88 Å². The van der Waals surface area contributed by atoms with E-state index in [0.717, 1.165) is 13.1 Å². The molecule has 1 fully saturated rings. The molecule has 0 aliphatic carbocycles. The first kappa shape index (κ1) is 15.0. The van der Waals surface area contributed by atoms with Crippen LogP contribution >= 0.6 is 0 Å². The number of carbonyl (C=O) groups excluding carboxylic acids is 2. The van der Waals surface area contributed by atoms with Crippen LogP contribution in [0.3, 0.4) is 0 Å². The standard InChI is InChI=1S/C14H16N6O3/c15-10(21)2-1-9-7-17-13-12(9)19-11(8-18-13)23-14(22)20-5-3-16-4-6-20/h1-2,7-8,16H,3-6H2,(H2,15,21)(H,17,18). The lowest BCUT2D eigenvalue weighted by Gasteiger charge is -2.26. The highest BCUT2D eigenvalue weighted by molar-refractivity contribution is 5.93. The fourth-order valence-electron chi connectivity index (χ4n) is 2.24. The lowest BCUT2D eigenvalue weighted by atomic mass is 10.3. The van der Waals surface area contributed by atoms with Crippen LogP contribution in [0.1, 0.15) is 5.56 Å². The number of carbonyl (C=O) groups is 2. The van der Waals surface area contributed by atoms with Crippen molar-refractivity contribution in [2.75, 3.05) is 26.2 Å². The van der Waals surface area contributed by atoms with E-state index in [9.17, 15) is 9.59 Å². The maximum atomic E-state index is 12.1. The molecular formula is C14H16N6O3. The average Bonchev–Trinajstić information content (AvgIpc) is 2.96. The molecule has 0 aromatic carbocycles. The minimum absolute atomic E-state index is 0.106. The number of H-pyrrole nitrogens is 1. The summed E-state index contributed by atoms with van der Waals surface area (Å²) in [6.45, 7) is 2.65. The maximum Gasteiger partial charge on any atom is 0.416 e. The van der Waals surface area contributed by atoms with Crippen LogP contribution < -0.4 is 15.8 Å². The first-order valence-electron chi connectivity index (χ1n) is 7.12. The molecule has 0 saturated carbocycles. The Bertz CT molecular complexity index is 763. The summed E-state index contributed by atoms with van der Waals surface area (Å²) < 4.78 is 5.27. The van der Waals surface area contributed by atoms with Crippen LogP contribution in [0.25, 0.3) is 17.2 Å². The first-order chi connectivity index (χ1) is 11.1. The second-order valence-electron chi connectivity index (χ2n) is 4.99. The zero-order chi connectivity index (χ0) is 16.2. The summed E-state index contributed by atoms with van der Waals surface area (Å²) in [7, 11) is 0. The molecule has 0 spiro atoms. The minimum atomic E-state index is -0.561. The van der Waals surface area contributed by atoms with Crippen molar-refractivity contribution in [2.24, 2.45) is 5.73 Å². The number of nitrogens with zero attached hydrogens (tertiary/aromatic N) is 3. The summed E-state index contributed by atoms with van der Waals surface area (Å²) in [6, 6.07) is 0. The highest BCUT2D eigenvalue weighted by Crippen LogP contribution is 2.19. The number of nitrogens with one attached hydrogen (secondary N) is 2. The molecule has 0 bridgehead atoms. The molecule has 1 aliphatic rings. The van der Waals surface area contributed by atoms with Crippen LogP contribution in [-0.2, 0) is 4.79 Å². The molecule has 9 nitrogen and oxygen atoms in total. The van der Waals surface area contributed by atoms with Gasteiger partial charge in [-0.25, -0.2) is 14.8 Å². The zero-order valence-corrected chi connectivity index (χ0v) is 12.3. The average molecular weight is 316 g/mol. The number of ether oxygens (including phenoxy) is 1. The Morgan fingerprint density at radius 1 is 1.35 bits per heavy atom. The molecular weight excluding hydrogens is 300 g/mol. The number of rotatable bonds is 3. The summed E-state index contributed by atoms with van der Waals surface area (Å²) in [4.78, 5) is 35.8. The molecule has 4 N–H and O–H groups in total. The molecule has 3 rings (SSSR count). The van der Waals surface area contributed by atoms with Gasteiger partial charge in [0.2, 0.25) is 11.8 Å². The molecule has 1 saturated heterocycles. The number of nitrogens with two attached hydrogens (primary N) is 1. The molecule has 120 valence electrons. The van der Waals surface area contributed by atoms with Crippen LogP contribution in [0, 0.1) is 0 Å². The van der Waals surface area contributed by atoms with Gasteiger partial charge in [-0.1, -0.05) is 0 Å². The van der Waals surface area contributed by atoms with Gasteiger partial charge < -0.3 is 25.7 Å². The molecule has 0 radical (unpaired) electrons. The highest BCUT2D eigenvalue weighted by Gasteiger charge is 2.19. The number of aromatic amines is 1. The van der Waals surface area contributed by atoms with Crippen molar-refractivity contribution >= 4 is 29.2 Å². The van der Waals surface area contributed by atoms with Crippen molar-refractivity contribution in [3.05, 3.63) is 24.0 Å². The van der Waals surface area contributed by atoms with E-state index in [1.165, 1.54) is 18.3 Å². The summed E-state index contributed by atoms with van der Waals surface area (Å²) >= 11 is 0. The minimum Gasteiger partial charge on any atom is -0.389 e. The van der Waals surface area contributed by atoms with Gasteiger partial charge in [0.25, 0.3) is 0 Å². The van der Waals surface area contributed by atoms with Gasteiger partial charge in [0.15, 0.2) is 5.65 Å². The van der Waals surface area contributed by atoms with Crippen molar-refractivity contribution in [3.8, 4) is 5.88 Å². The molecule has 0 atom stereocenters. The monoisotopic (exact) mass is 316 g/mol. The quantitative estimate of drug-likeness (QED) is 0.677. The van der Waals surface area contributed by atoms with Gasteiger partial charge in [-0.2, -0.15) is 0 Å². The lowest BCUT2D eigenvalue weighted by Crippen LogP contribution is -2.47. The molecule has 23 heavy (non-hydrogen) atoms. The molecule has 2 aromatic rings. The third kappa shape index (κ3) is 3.46. The summed E-state index contributed by atoms with van der Waals surface area (Å²) in [5.74, 6) is -0.456. The van der Waals surface area contributed by atoms with Crippen molar-refractivity contribution in [1.82, 2.24) is 25.2 Å². The summed E-state index contributed by atoms with van der Waals surface area (Å²) in [5, 5.41) is 3.16. The first-order valence-corrected chi connectivity index (χ1v) is 7.12. The van der Waals surface area contributed by atoms with Gasteiger partial charge >= 0.3 is 6.09 Å². The Morgan fingerprint density at radius 3 is 2.87 bits per heavy atom. The smallest absolute Gasteiger partial charge is 0.389 e. The Labute approximate surface area is 131 Å². The van der Waals surface area contributed by atoms with Crippen LogP contribution in [0.4, 0.5) is 4.79 Å². The van der Waals surface area contributed by atoms with Crippen LogP contribution in [-0.4, -0.2) is 58.0 Å². The van der Waals surface area contributed by atoms with Gasteiger partial charge in [-0.05, 0) is 6.08 Å². The molecule has 0 unspecified atom stereocenters. The molecule has 2 aromatic heterocycles. The van der Waals surface area contributed by atoms with E-state index in [-0.39, 0.29) is 5.88 Å². The van der Waals surface area contributed by atoms with Crippen LogP contribution in [0.15, 0.2) is 18.5 Å². The Hall–Kier alpha value is -2.94. The Morgan fingerprint density at radius 2 is 2.13 bits per heavy atom. The molecule has 3 heterocycles. The summed E-state index contributed by atoms with van der Waals surface area (Å²) in [5.41, 5.74) is 6.73. The van der Waals surface area contributed by atoms with Crippen molar-refractivity contribution in [1.29, 1.82) is 0 Å². The van der Waals surface area contributed by atoms with Crippen molar-refractivity contribution in [3.63, 3.8) is 0 Å². The predicted octanol–water partition coefficient (Wildman–Crippen LogP) is -0.140. The molecule has 2 amide bonds. The van der Waals surface area contributed by atoms with E-state index >= 15 is 0 Å². The number of primary amides is 1. The molecule has 1 aliphatic heterocycles. The fourth-order valence-corrected chi connectivity index (χ4v) is 2.24. The van der Waals surface area contributed by atoms with E-state index in [1.807, 2.05) is 0 Å². The maximum absolute atomic E-state index is 12.1. The number of hydrogen-bond acceptors (Lipinski definition) is 6. The van der Waals surface area contributed by atoms with E-state index in [1.54, 1.807) is 11.1 Å². The third-order valence-electron chi connectivity index (χ3n) is 3.38. The predicted molar refractivity (Wildman–Crippen MR) is 82.6 cm³/mol. The van der Waals surface area contributed by atoms with Gasteiger partial charge in [0, 0.05) is 44.0 Å². The molecule has 9 heteroatoms. The van der Waals surface area contributed by atoms with Crippen molar-refractivity contribution in [2.45, 2.75) is 0 Å². The fraction of sp³-hybridized carbons (Fsp3) is 0.286. The largest absolute Gasteiger partial charge is 0.416 e. The van der Waals surface area contributed by atoms with Gasteiger partial charge in [-0.15, -0.1) is 0 Å². The highest BCUT2D eigenvalue weighted by atomic mass is 16.6. The SMILES string of the molecule is NC(=O)C=Cc1c[nH]c2ncc(OC(=O)N3CCNCC3)nc12.